The molecule has 0 atom stereocenters. The smallest absolute Gasteiger partial charge is 0.0994 e. The fourth-order valence-corrected chi connectivity index (χ4v) is 2.20. The molecule has 0 spiro atoms. The molecule has 0 fully saturated rings. The summed E-state index contributed by atoms with van der Waals surface area (Å²) in [6.45, 7) is 5.73. The monoisotopic (exact) mass is 258 g/mol. The van der Waals surface area contributed by atoms with Crippen LogP contribution in [0.25, 0.3) is 0 Å². The summed E-state index contributed by atoms with van der Waals surface area (Å²) in [5, 5.41) is 8.41. The Morgan fingerprint density at radius 1 is 1.16 bits per heavy atom. The topological polar surface area (TPSA) is 56.7 Å². The Morgan fingerprint density at radius 3 is 2.53 bits per heavy atom. The second kappa shape index (κ2) is 6.48. The number of hydrogen-bond acceptors (Lipinski definition) is 3. The summed E-state index contributed by atoms with van der Waals surface area (Å²) in [5.41, 5.74) is 9.19. The summed E-state index contributed by atoms with van der Waals surface area (Å²) in [6.07, 6.45) is 1.94. The van der Waals surface area contributed by atoms with Gasteiger partial charge in [-0.1, -0.05) is 49.4 Å². The van der Waals surface area contributed by atoms with Crippen molar-refractivity contribution in [1.82, 2.24) is 15.0 Å². The molecule has 1 heterocycles. The molecule has 0 aliphatic heterocycles. The highest BCUT2D eigenvalue weighted by atomic mass is 15.4. The van der Waals surface area contributed by atoms with E-state index in [0.717, 1.165) is 25.1 Å². The summed E-state index contributed by atoms with van der Waals surface area (Å²) < 4.78 is 2.01. The molecule has 0 unspecified atom stereocenters. The van der Waals surface area contributed by atoms with E-state index in [0.29, 0.717) is 12.5 Å². The molecular formula is C15H22N4. The van der Waals surface area contributed by atoms with Crippen molar-refractivity contribution in [3.8, 4) is 0 Å². The van der Waals surface area contributed by atoms with E-state index in [4.69, 9.17) is 5.73 Å². The van der Waals surface area contributed by atoms with E-state index in [1.165, 1.54) is 11.3 Å². The second-order valence-corrected chi connectivity index (χ2v) is 5.25. The highest BCUT2D eigenvalue weighted by Crippen LogP contribution is 2.12. The van der Waals surface area contributed by atoms with E-state index >= 15 is 0 Å². The number of nitrogens with zero attached hydrogens (tertiary/aromatic N) is 3. The Morgan fingerprint density at radius 2 is 1.89 bits per heavy atom. The van der Waals surface area contributed by atoms with Crippen LogP contribution >= 0.6 is 0 Å². The molecule has 0 bridgehead atoms. The van der Waals surface area contributed by atoms with Gasteiger partial charge in [-0.15, -0.1) is 5.10 Å². The van der Waals surface area contributed by atoms with Crippen LogP contribution in [0.4, 0.5) is 0 Å². The lowest BCUT2D eigenvalue weighted by molar-refractivity contribution is 0.458. The van der Waals surface area contributed by atoms with Gasteiger partial charge in [0.2, 0.25) is 0 Å². The number of rotatable bonds is 6. The van der Waals surface area contributed by atoms with Gasteiger partial charge in [-0.05, 0) is 24.3 Å². The molecule has 19 heavy (non-hydrogen) atoms. The number of nitrogens with two attached hydrogens (primary N) is 1. The van der Waals surface area contributed by atoms with Crippen LogP contribution in [-0.2, 0) is 25.9 Å². The van der Waals surface area contributed by atoms with Gasteiger partial charge in [0, 0.05) is 13.1 Å². The lowest BCUT2D eigenvalue weighted by Gasteiger charge is -2.10. The molecule has 1 aromatic carbocycles. The number of hydrogen-bond donors (Lipinski definition) is 1. The summed E-state index contributed by atoms with van der Waals surface area (Å²) in [6, 6.07) is 10.5. The first-order valence-corrected chi connectivity index (χ1v) is 6.86. The summed E-state index contributed by atoms with van der Waals surface area (Å²) >= 11 is 0. The van der Waals surface area contributed by atoms with Gasteiger partial charge in [-0.25, -0.2) is 4.68 Å². The third kappa shape index (κ3) is 3.64. The standard InChI is InChI=1S/C15H22N4/c1-12(2)11-19-15(14(10-16)17-18-19)9-8-13-6-4-3-5-7-13/h3-7,12H,8-11,16H2,1-2H3. The van der Waals surface area contributed by atoms with Crippen molar-refractivity contribution in [2.45, 2.75) is 39.8 Å². The largest absolute Gasteiger partial charge is 0.325 e. The molecule has 2 rings (SSSR count). The van der Waals surface area contributed by atoms with Crippen LogP contribution in [0.15, 0.2) is 30.3 Å². The molecule has 0 radical (unpaired) electrons. The van der Waals surface area contributed by atoms with Crippen LogP contribution in [-0.4, -0.2) is 15.0 Å². The molecule has 0 amide bonds. The van der Waals surface area contributed by atoms with Gasteiger partial charge in [-0.2, -0.15) is 0 Å². The van der Waals surface area contributed by atoms with Crippen molar-refractivity contribution in [3.63, 3.8) is 0 Å². The fraction of sp³-hybridized carbons (Fsp3) is 0.467. The van der Waals surface area contributed by atoms with Gasteiger partial charge in [0.15, 0.2) is 0 Å². The number of benzene rings is 1. The van der Waals surface area contributed by atoms with Gasteiger partial charge in [0.25, 0.3) is 0 Å². The lowest BCUT2D eigenvalue weighted by Crippen LogP contribution is -2.12. The van der Waals surface area contributed by atoms with Crippen molar-refractivity contribution in [2.24, 2.45) is 11.7 Å². The fourth-order valence-electron chi connectivity index (χ4n) is 2.20. The first-order valence-electron chi connectivity index (χ1n) is 6.86. The lowest BCUT2D eigenvalue weighted by atomic mass is 10.1. The van der Waals surface area contributed by atoms with E-state index in [2.05, 4.69) is 48.4 Å². The zero-order valence-corrected chi connectivity index (χ0v) is 11.7. The van der Waals surface area contributed by atoms with Crippen molar-refractivity contribution in [2.75, 3.05) is 0 Å². The zero-order chi connectivity index (χ0) is 13.7. The van der Waals surface area contributed by atoms with E-state index < -0.39 is 0 Å². The van der Waals surface area contributed by atoms with Gasteiger partial charge < -0.3 is 5.73 Å². The average Bonchev–Trinajstić information content (AvgIpc) is 2.79. The molecule has 4 nitrogen and oxygen atoms in total. The highest BCUT2D eigenvalue weighted by Gasteiger charge is 2.12. The Kier molecular flexibility index (Phi) is 4.68. The predicted octanol–water partition coefficient (Wildman–Crippen LogP) is 2.18. The first kappa shape index (κ1) is 13.7. The molecule has 4 heteroatoms. The number of aryl methyl sites for hydroxylation is 1. The van der Waals surface area contributed by atoms with Gasteiger partial charge in [-0.3, -0.25) is 0 Å². The third-order valence-corrected chi connectivity index (χ3v) is 3.14. The Labute approximate surface area is 114 Å². The molecule has 0 aliphatic carbocycles. The minimum atomic E-state index is 0.461. The maximum Gasteiger partial charge on any atom is 0.0994 e. The van der Waals surface area contributed by atoms with E-state index in [9.17, 15) is 0 Å². The van der Waals surface area contributed by atoms with Crippen molar-refractivity contribution in [1.29, 1.82) is 0 Å². The maximum atomic E-state index is 5.75. The zero-order valence-electron chi connectivity index (χ0n) is 11.7. The molecule has 1 aromatic heterocycles. The molecule has 0 saturated heterocycles. The third-order valence-electron chi connectivity index (χ3n) is 3.14. The summed E-state index contributed by atoms with van der Waals surface area (Å²) in [7, 11) is 0. The maximum absolute atomic E-state index is 5.75. The summed E-state index contributed by atoms with van der Waals surface area (Å²) in [5.74, 6) is 0.558. The second-order valence-electron chi connectivity index (χ2n) is 5.25. The van der Waals surface area contributed by atoms with Gasteiger partial charge >= 0.3 is 0 Å². The molecule has 102 valence electrons. The minimum absolute atomic E-state index is 0.461. The van der Waals surface area contributed by atoms with Gasteiger partial charge in [0.1, 0.15) is 0 Å². The molecule has 0 aliphatic rings. The Bertz CT molecular complexity index is 502. The normalized spacial score (nSPS) is 11.2. The number of aromatic nitrogens is 3. The molecule has 2 aromatic rings. The van der Waals surface area contributed by atoms with E-state index in [-0.39, 0.29) is 0 Å². The van der Waals surface area contributed by atoms with Crippen LogP contribution in [0, 0.1) is 5.92 Å². The van der Waals surface area contributed by atoms with Crippen LogP contribution in [0.3, 0.4) is 0 Å². The molecule has 2 N–H and O–H groups in total. The Hall–Kier alpha value is -1.68. The summed E-state index contributed by atoms with van der Waals surface area (Å²) in [4.78, 5) is 0. The van der Waals surface area contributed by atoms with Crippen LogP contribution in [0.1, 0.15) is 30.8 Å². The molecule has 0 saturated carbocycles. The molecular weight excluding hydrogens is 236 g/mol. The average molecular weight is 258 g/mol. The van der Waals surface area contributed by atoms with Crippen molar-refractivity contribution >= 4 is 0 Å². The van der Waals surface area contributed by atoms with E-state index in [1.807, 2.05) is 10.7 Å². The van der Waals surface area contributed by atoms with Crippen LogP contribution < -0.4 is 5.73 Å². The van der Waals surface area contributed by atoms with Gasteiger partial charge in [0.05, 0.1) is 11.4 Å². The Balaban J connectivity index is 2.11. The SMILES string of the molecule is CC(C)Cn1nnc(CN)c1CCc1ccccc1. The van der Waals surface area contributed by atoms with Crippen LogP contribution in [0.2, 0.25) is 0 Å². The first-order chi connectivity index (χ1) is 9.20. The van der Waals surface area contributed by atoms with Crippen LogP contribution in [0.5, 0.6) is 0 Å². The van der Waals surface area contributed by atoms with Crippen molar-refractivity contribution < 1.29 is 0 Å². The quantitative estimate of drug-likeness (QED) is 0.864. The highest BCUT2D eigenvalue weighted by molar-refractivity contribution is 5.18. The van der Waals surface area contributed by atoms with E-state index in [1.54, 1.807) is 0 Å². The predicted molar refractivity (Wildman–Crippen MR) is 76.6 cm³/mol. The minimum Gasteiger partial charge on any atom is -0.325 e. The van der Waals surface area contributed by atoms with Crippen molar-refractivity contribution in [3.05, 3.63) is 47.3 Å².